The Morgan fingerprint density at radius 2 is 1.54 bits per heavy atom. The average Bonchev–Trinajstić information content (AvgIpc) is 2.88. The van der Waals surface area contributed by atoms with Crippen molar-refractivity contribution >= 4 is 0 Å². The summed E-state index contributed by atoms with van der Waals surface area (Å²) < 4.78 is 0. The summed E-state index contributed by atoms with van der Waals surface area (Å²) in [6, 6.07) is 28.0. The van der Waals surface area contributed by atoms with Crippen molar-refractivity contribution in [3.63, 3.8) is 0 Å². The van der Waals surface area contributed by atoms with E-state index in [0.29, 0.717) is 12.5 Å². The van der Waals surface area contributed by atoms with Gasteiger partial charge in [0.15, 0.2) is 0 Å². The molecule has 3 rings (SSSR count). The molecule has 0 aliphatic carbocycles. The summed E-state index contributed by atoms with van der Waals surface area (Å²) in [5.41, 5.74) is 8.85. The van der Waals surface area contributed by atoms with Crippen molar-refractivity contribution < 1.29 is 0 Å². The first-order chi connectivity index (χ1) is 17.0. The zero-order valence-corrected chi connectivity index (χ0v) is 21.2. The first-order valence-electron chi connectivity index (χ1n) is 12.7. The van der Waals surface area contributed by atoms with E-state index < -0.39 is 0 Å². The van der Waals surface area contributed by atoms with Gasteiger partial charge in [-0.1, -0.05) is 98.1 Å². The standard InChI is InChI=1S/C33H40N2/c1-5-13-32(28(4)35-24-27(3)34-25-31-16-10-7-11-17-31)19-12-18-30-20-21-33(26(2)22-30)23-29-14-8-6-9-15-29/h5-11,14-17,20-22,32,34-35H,1,3-4,12-13,18-19,23-25H2,2H3. The van der Waals surface area contributed by atoms with Gasteiger partial charge >= 0.3 is 0 Å². The molecular formula is C33H40N2. The largest absolute Gasteiger partial charge is 0.383 e. The smallest absolute Gasteiger partial charge is 0.0538 e. The van der Waals surface area contributed by atoms with Crippen molar-refractivity contribution in [2.45, 2.75) is 45.6 Å². The number of hydrogen-bond donors (Lipinski definition) is 2. The van der Waals surface area contributed by atoms with Gasteiger partial charge in [-0.15, -0.1) is 6.58 Å². The van der Waals surface area contributed by atoms with Crippen LogP contribution in [0.25, 0.3) is 0 Å². The van der Waals surface area contributed by atoms with E-state index >= 15 is 0 Å². The van der Waals surface area contributed by atoms with Crippen LogP contribution in [0, 0.1) is 12.8 Å². The number of aryl methyl sites for hydroxylation is 2. The van der Waals surface area contributed by atoms with Crippen molar-refractivity contribution in [2.24, 2.45) is 5.92 Å². The van der Waals surface area contributed by atoms with E-state index in [1.165, 1.54) is 27.8 Å². The van der Waals surface area contributed by atoms with Crippen molar-refractivity contribution in [1.82, 2.24) is 10.6 Å². The van der Waals surface area contributed by atoms with Gasteiger partial charge in [-0.25, -0.2) is 0 Å². The summed E-state index contributed by atoms with van der Waals surface area (Å²) in [6.07, 6.45) is 7.23. The molecule has 0 aromatic heterocycles. The first kappa shape index (κ1) is 26.1. The van der Waals surface area contributed by atoms with E-state index in [4.69, 9.17) is 0 Å². The minimum atomic E-state index is 0.382. The lowest BCUT2D eigenvalue weighted by atomic mass is 9.92. The third kappa shape index (κ3) is 8.98. The maximum Gasteiger partial charge on any atom is 0.0538 e. The molecule has 3 aromatic rings. The topological polar surface area (TPSA) is 24.1 Å². The number of allylic oxidation sites excluding steroid dienone is 2. The van der Waals surface area contributed by atoms with E-state index in [0.717, 1.165) is 50.0 Å². The Morgan fingerprint density at radius 3 is 2.20 bits per heavy atom. The molecule has 0 heterocycles. The normalized spacial score (nSPS) is 11.5. The molecule has 2 nitrogen and oxygen atoms in total. The molecule has 3 aromatic carbocycles. The van der Waals surface area contributed by atoms with Gasteiger partial charge in [-0.05, 0) is 66.8 Å². The average molecular weight is 465 g/mol. The van der Waals surface area contributed by atoms with Gasteiger partial charge in [0, 0.05) is 23.9 Å². The second-order valence-electron chi connectivity index (χ2n) is 9.36. The van der Waals surface area contributed by atoms with Gasteiger partial charge < -0.3 is 10.6 Å². The molecule has 0 saturated heterocycles. The van der Waals surface area contributed by atoms with Crippen molar-refractivity contribution in [1.29, 1.82) is 0 Å². The third-order valence-electron chi connectivity index (χ3n) is 6.52. The van der Waals surface area contributed by atoms with E-state index in [9.17, 15) is 0 Å². The summed E-state index contributed by atoms with van der Waals surface area (Å²) in [4.78, 5) is 0. The molecule has 0 fully saturated rings. The number of hydrogen-bond acceptors (Lipinski definition) is 2. The molecule has 0 saturated carbocycles. The fraction of sp³-hybridized carbons (Fsp3) is 0.273. The predicted octanol–water partition coefficient (Wildman–Crippen LogP) is 7.51. The Balaban J connectivity index is 1.43. The van der Waals surface area contributed by atoms with Crippen LogP contribution in [0.3, 0.4) is 0 Å². The van der Waals surface area contributed by atoms with E-state index in [-0.39, 0.29) is 0 Å². The minimum Gasteiger partial charge on any atom is -0.383 e. The molecular weight excluding hydrogens is 424 g/mol. The van der Waals surface area contributed by atoms with Gasteiger partial charge in [-0.3, -0.25) is 0 Å². The van der Waals surface area contributed by atoms with Crippen LogP contribution in [0.2, 0.25) is 0 Å². The van der Waals surface area contributed by atoms with E-state index in [2.05, 4.69) is 110 Å². The highest BCUT2D eigenvalue weighted by Crippen LogP contribution is 2.22. The lowest BCUT2D eigenvalue weighted by Crippen LogP contribution is -2.26. The minimum absolute atomic E-state index is 0.382. The van der Waals surface area contributed by atoms with Gasteiger partial charge in [0.05, 0.1) is 6.54 Å². The Morgan fingerprint density at radius 1 is 0.857 bits per heavy atom. The predicted molar refractivity (Wildman–Crippen MR) is 151 cm³/mol. The second-order valence-corrected chi connectivity index (χ2v) is 9.36. The van der Waals surface area contributed by atoms with Crippen LogP contribution in [0.4, 0.5) is 0 Å². The quantitative estimate of drug-likeness (QED) is 0.227. The molecule has 0 radical (unpaired) electrons. The summed E-state index contributed by atoms with van der Waals surface area (Å²) >= 11 is 0. The Bertz CT molecular complexity index is 1080. The highest BCUT2D eigenvalue weighted by atomic mass is 15.0. The zero-order chi connectivity index (χ0) is 24.9. The van der Waals surface area contributed by atoms with E-state index in [1.807, 2.05) is 12.1 Å². The van der Waals surface area contributed by atoms with Crippen molar-refractivity contribution in [3.8, 4) is 0 Å². The lowest BCUT2D eigenvalue weighted by Gasteiger charge is -2.21. The van der Waals surface area contributed by atoms with Crippen LogP contribution in [0.5, 0.6) is 0 Å². The molecule has 2 heteroatoms. The number of rotatable bonds is 15. The molecule has 35 heavy (non-hydrogen) atoms. The Kier molecular flexibility index (Phi) is 10.4. The van der Waals surface area contributed by atoms with Crippen molar-refractivity contribution in [3.05, 3.63) is 144 Å². The maximum absolute atomic E-state index is 4.33. The summed E-state index contributed by atoms with van der Waals surface area (Å²) in [5, 5.41) is 6.88. The summed E-state index contributed by atoms with van der Waals surface area (Å²) in [6.45, 7) is 16.1. The molecule has 0 amide bonds. The third-order valence-corrected chi connectivity index (χ3v) is 6.52. The van der Waals surface area contributed by atoms with E-state index in [1.54, 1.807) is 0 Å². The van der Waals surface area contributed by atoms with Crippen molar-refractivity contribution in [2.75, 3.05) is 6.54 Å². The molecule has 0 aliphatic heterocycles. The number of benzene rings is 3. The van der Waals surface area contributed by atoms with Crippen LogP contribution in [0.1, 0.15) is 47.1 Å². The Labute approximate surface area is 212 Å². The SMILES string of the molecule is C=CCC(CCCc1ccc(Cc2ccccc2)c(C)c1)C(=C)NCC(=C)NCc1ccccc1. The molecule has 0 spiro atoms. The lowest BCUT2D eigenvalue weighted by molar-refractivity contribution is 0.509. The highest BCUT2D eigenvalue weighted by molar-refractivity contribution is 5.35. The molecule has 182 valence electrons. The zero-order valence-electron chi connectivity index (χ0n) is 21.2. The molecule has 2 N–H and O–H groups in total. The number of nitrogens with one attached hydrogen (secondary N) is 2. The Hall–Kier alpha value is -3.52. The highest BCUT2D eigenvalue weighted by Gasteiger charge is 2.12. The van der Waals surface area contributed by atoms with Crippen LogP contribution in [0.15, 0.2) is 116 Å². The summed E-state index contributed by atoms with van der Waals surface area (Å²) in [5.74, 6) is 0.382. The maximum atomic E-state index is 4.33. The molecule has 1 atom stereocenters. The molecule has 0 bridgehead atoms. The summed E-state index contributed by atoms with van der Waals surface area (Å²) in [7, 11) is 0. The van der Waals surface area contributed by atoms with Crippen LogP contribution < -0.4 is 10.6 Å². The van der Waals surface area contributed by atoms with Crippen LogP contribution >= 0.6 is 0 Å². The van der Waals surface area contributed by atoms with Gasteiger partial charge in [0.25, 0.3) is 0 Å². The molecule has 0 aliphatic rings. The fourth-order valence-corrected chi connectivity index (χ4v) is 4.37. The fourth-order valence-electron chi connectivity index (χ4n) is 4.37. The van der Waals surface area contributed by atoms with Crippen LogP contribution in [-0.2, 0) is 19.4 Å². The van der Waals surface area contributed by atoms with Crippen LogP contribution in [-0.4, -0.2) is 6.54 Å². The van der Waals surface area contributed by atoms with Gasteiger partial charge in [-0.2, -0.15) is 0 Å². The second kappa shape index (κ2) is 14.0. The monoisotopic (exact) mass is 464 g/mol. The first-order valence-corrected chi connectivity index (χ1v) is 12.7. The molecule has 1 unspecified atom stereocenters. The van der Waals surface area contributed by atoms with Gasteiger partial charge in [0.2, 0.25) is 0 Å². The van der Waals surface area contributed by atoms with Gasteiger partial charge in [0.1, 0.15) is 0 Å².